The van der Waals surface area contributed by atoms with Crippen LogP contribution in [0.25, 0.3) is 11.5 Å². The van der Waals surface area contributed by atoms with Crippen LogP contribution in [0, 0.1) is 6.92 Å². The summed E-state index contributed by atoms with van der Waals surface area (Å²) < 4.78 is 3.69. The summed E-state index contributed by atoms with van der Waals surface area (Å²) in [5.74, 6) is 0.517. The number of carbonyl (C=O) groups is 1. The molecule has 0 aliphatic carbocycles. The van der Waals surface area contributed by atoms with E-state index in [0.717, 1.165) is 17.8 Å². The Morgan fingerprint density at radius 2 is 1.68 bits per heavy atom. The Morgan fingerprint density at radius 1 is 1.00 bits per heavy atom. The summed E-state index contributed by atoms with van der Waals surface area (Å²) in [6, 6.07) is 19.8. The van der Waals surface area contributed by atoms with Gasteiger partial charge in [-0.25, -0.2) is 4.68 Å². The fourth-order valence-corrected chi connectivity index (χ4v) is 3.12. The van der Waals surface area contributed by atoms with E-state index in [0.29, 0.717) is 11.4 Å². The van der Waals surface area contributed by atoms with Crippen LogP contribution in [-0.4, -0.2) is 20.3 Å². The first kappa shape index (κ1) is 17.8. The van der Waals surface area contributed by atoms with Gasteiger partial charge in [-0.15, -0.1) is 0 Å². The SMILES string of the molecule is CCc1ccc(NC(=O)c2cnn(-c3ccc(C)cc3)c2-n2cccc2)cc1. The van der Waals surface area contributed by atoms with Gasteiger partial charge in [-0.1, -0.05) is 36.8 Å². The zero-order chi connectivity index (χ0) is 19.5. The maximum Gasteiger partial charge on any atom is 0.261 e. The molecule has 0 bridgehead atoms. The molecule has 0 aliphatic rings. The molecule has 0 spiro atoms. The van der Waals surface area contributed by atoms with Crippen molar-refractivity contribution in [1.82, 2.24) is 14.3 Å². The van der Waals surface area contributed by atoms with E-state index in [1.165, 1.54) is 11.1 Å². The molecule has 0 unspecified atom stereocenters. The molecule has 1 N–H and O–H groups in total. The van der Waals surface area contributed by atoms with Crippen LogP contribution >= 0.6 is 0 Å². The molecule has 2 aromatic heterocycles. The van der Waals surface area contributed by atoms with Gasteiger partial charge in [0.2, 0.25) is 0 Å². The zero-order valence-corrected chi connectivity index (χ0v) is 16.0. The van der Waals surface area contributed by atoms with Gasteiger partial charge < -0.3 is 9.88 Å². The van der Waals surface area contributed by atoms with Crippen molar-refractivity contribution in [3.8, 4) is 11.5 Å². The van der Waals surface area contributed by atoms with Crippen molar-refractivity contribution in [2.75, 3.05) is 5.32 Å². The lowest BCUT2D eigenvalue weighted by molar-refractivity contribution is 0.102. The number of anilines is 1. The summed E-state index contributed by atoms with van der Waals surface area (Å²) in [5.41, 5.74) is 4.59. The summed E-state index contributed by atoms with van der Waals surface area (Å²) in [7, 11) is 0. The van der Waals surface area contributed by atoms with Crippen LogP contribution in [0.5, 0.6) is 0 Å². The van der Waals surface area contributed by atoms with E-state index in [4.69, 9.17) is 0 Å². The molecule has 5 heteroatoms. The fourth-order valence-electron chi connectivity index (χ4n) is 3.12. The summed E-state index contributed by atoms with van der Waals surface area (Å²) >= 11 is 0. The number of nitrogens with one attached hydrogen (secondary N) is 1. The van der Waals surface area contributed by atoms with E-state index in [2.05, 4.69) is 17.3 Å². The first-order chi connectivity index (χ1) is 13.7. The van der Waals surface area contributed by atoms with Crippen LogP contribution in [0.4, 0.5) is 5.69 Å². The second-order valence-electron chi connectivity index (χ2n) is 6.72. The second kappa shape index (κ2) is 7.56. The molecule has 0 atom stereocenters. The van der Waals surface area contributed by atoms with Crippen molar-refractivity contribution >= 4 is 11.6 Å². The Kier molecular flexibility index (Phi) is 4.81. The van der Waals surface area contributed by atoms with Crippen LogP contribution in [0.1, 0.15) is 28.4 Å². The molecule has 0 saturated heterocycles. The van der Waals surface area contributed by atoms with E-state index in [1.54, 1.807) is 10.9 Å². The first-order valence-corrected chi connectivity index (χ1v) is 9.34. The largest absolute Gasteiger partial charge is 0.322 e. The number of nitrogens with zero attached hydrogens (tertiary/aromatic N) is 3. The lowest BCUT2D eigenvalue weighted by Crippen LogP contribution is -2.15. The molecular weight excluding hydrogens is 348 g/mol. The lowest BCUT2D eigenvalue weighted by Gasteiger charge is -2.11. The summed E-state index contributed by atoms with van der Waals surface area (Å²) in [6.07, 6.45) is 6.41. The van der Waals surface area contributed by atoms with Crippen molar-refractivity contribution in [3.63, 3.8) is 0 Å². The number of aryl methyl sites for hydroxylation is 2. The molecule has 2 heterocycles. The molecule has 1 amide bonds. The molecule has 0 fully saturated rings. The number of hydrogen-bond donors (Lipinski definition) is 1. The Morgan fingerprint density at radius 3 is 2.32 bits per heavy atom. The topological polar surface area (TPSA) is 51.9 Å². The van der Waals surface area contributed by atoms with Crippen LogP contribution in [0.15, 0.2) is 79.3 Å². The van der Waals surface area contributed by atoms with Crippen molar-refractivity contribution in [2.45, 2.75) is 20.3 Å². The second-order valence-corrected chi connectivity index (χ2v) is 6.72. The fraction of sp³-hybridized carbons (Fsp3) is 0.130. The number of amides is 1. The number of hydrogen-bond acceptors (Lipinski definition) is 2. The average Bonchev–Trinajstić information content (AvgIpc) is 3.38. The Bertz CT molecular complexity index is 1070. The maximum atomic E-state index is 13.0. The molecule has 2 aromatic carbocycles. The third-order valence-electron chi connectivity index (χ3n) is 4.74. The molecule has 28 heavy (non-hydrogen) atoms. The Labute approximate surface area is 164 Å². The van der Waals surface area contributed by atoms with E-state index in [-0.39, 0.29) is 5.91 Å². The van der Waals surface area contributed by atoms with Crippen LogP contribution in [0.3, 0.4) is 0 Å². The quantitative estimate of drug-likeness (QED) is 0.549. The predicted octanol–water partition coefficient (Wildman–Crippen LogP) is 4.79. The molecule has 4 rings (SSSR count). The standard InChI is InChI=1S/C23H22N4O/c1-3-18-8-10-19(11-9-18)25-22(28)21-16-24-27(20-12-6-17(2)7-13-20)23(21)26-14-4-5-15-26/h4-16H,3H2,1-2H3,(H,25,28). The number of carbonyl (C=O) groups excluding carboxylic acids is 1. The number of aromatic nitrogens is 3. The molecule has 4 aromatic rings. The summed E-state index contributed by atoms with van der Waals surface area (Å²) in [6.45, 7) is 4.15. The third-order valence-corrected chi connectivity index (χ3v) is 4.74. The minimum atomic E-state index is -0.189. The third kappa shape index (κ3) is 3.47. The van der Waals surface area contributed by atoms with Gasteiger partial charge in [0.25, 0.3) is 5.91 Å². The van der Waals surface area contributed by atoms with Gasteiger partial charge in [0, 0.05) is 18.1 Å². The first-order valence-electron chi connectivity index (χ1n) is 9.34. The van der Waals surface area contributed by atoms with Crippen LogP contribution < -0.4 is 5.32 Å². The monoisotopic (exact) mass is 370 g/mol. The van der Waals surface area contributed by atoms with E-state index in [9.17, 15) is 4.79 Å². The van der Waals surface area contributed by atoms with Gasteiger partial charge in [-0.3, -0.25) is 4.79 Å². The van der Waals surface area contributed by atoms with Crippen molar-refractivity contribution in [1.29, 1.82) is 0 Å². The molecule has 0 saturated carbocycles. The van der Waals surface area contributed by atoms with Crippen molar-refractivity contribution in [2.24, 2.45) is 0 Å². The van der Waals surface area contributed by atoms with Gasteiger partial charge in [-0.2, -0.15) is 5.10 Å². The van der Waals surface area contributed by atoms with Crippen LogP contribution in [0.2, 0.25) is 0 Å². The Hall–Kier alpha value is -3.60. The van der Waals surface area contributed by atoms with Crippen molar-refractivity contribution < 1.29 is 4.79 Å². The van der Waals surface area contributed by atoms with Crippen molar-refractivity contribution in [3.05, 3.63) is 95.9 Å². The average molecular weight is 370 g/mol. The normalized spacial score (nSPS) is 10.8. The molecule has 0 aliphatic heterocycles. The molecule has 5 nitrogen and oxygen atoms in total. The van der Waals surface area contributed by atoms with Gasteiger partial charge in [-0.05, 0) is 55.3 Å². The van der Waals surface area contributed by atoms with E-state index < -0.39 is 0 Å². The maximum absolute atomic E-state index is 13.0. The minimum absolute atomic E-state index is 0.189. The number of rotatable bonds is 5. The smallest absolute Gasteiger partial charge is 0.261 e. The van der Waals surface area contributed by atoms with Gasteiger partial charge in [0.15, 0.2) is 5.82 Å². The van der Waals surface area contributed by atoms with Crippen LogP contribution in [-0.2, 0) is 6.42 Å². The zero-order valence-electron chi connectivity index (χ0n) is 16.0. The highest BCUT2D eigenvalue weighted by Crippen LogP contribution is 2.21. The lowest BCUT2D eigenvalue weighted by atomic mass is 10.1. The van der Waals surface area contributed by atoms with Gasteiger partial charge in [0.1, 0.15) is 5.56 Å². The van der Waals surface area contributed by atoms with E-state index in [1.807, 2.05) is 84.5 Å². The highest BCUT2D eigenvalue weighted by atomic mass is 16.1. The summed E-state index contributed by atoms with van der Waals surface area (Å²) in [4.78, 5) is 13.0. The predicted molar refractivity (Wildman–Crippen MR) is 111 cm³/mol. The summed E-state index contributed by atoms with van der Waals surface area (Å²) in [5, 5.41) is 7.48. The Balaban J connectivity index is 1.72. The van der Waals surface area contributed by atoms with Gasteiger partial charge >= 0.3 is 0 Å². The number of benzene rings is 2. The van der Waals surface area contributed by atoms with E-state index >= 15 is 0 Å². The minimum Gasteiger partial charge on any atom is -0.322 e. The highest BCUT2D eigenvalue weighted by Gasteiger charge is 2.20. The molecule has 0 radical (unpaired) electrons. The van der Waals surface area contributed by atoms with Gasteiger partial charge in [0.05, 0.1) is 11.9 Å². The molecule has 140 valence electrons. The molecular formula is C23H22N4O. The highest BCUT2D eigenvalue weighted by molar-refractivity contribution is 6.06.